The molecule has 0 aliphatic carbocycles. The van der Waals surface area contributed by atoms with Gasteiger partial charge in [0.2, 0.25) is 0 Å². The van der Waals surface area contributed by atoms with Gasteiger partial charge in [-0.05, 0) is 28.7 Å². The molecule has 10 heteroatoms. The Bertz CT molecular complexity index is 1270. The first-order valence-electron chi connectivity index (χ1n) is 9.64. The normalized spacial score (nSPS) is 14.8. The summed E-state index contributed by atoms with van der Waals surface area (Å²) in [7, 11) is 0. The van der Waals surface area contributed by atoms with Crippen LogP contribution in [0.2, 0.25) is 10.0 Å². The van der Waals surface area contributed by atoms with E-state index in [9.17, 15) is 14.9 Å². The van der Waals surface area contributed by atoms with Crippen molar-refractivity contribution >= 4 is 46.8 Å². The predicted molar refractivity (Wildman–Crippen MR) is 123 cm³/mol. The van der Waals surface area contributed by atoms with Crippen LogP contribution < -0.4 is 0 Å². The van der Waals surface area contributed by atoms with Gasteiger partial charge in [-0.3, -0.25) is 9.69 Å². The molecule has 2 aromatic carbocycles. The molecule has 0 N–H and O–H groups in total. The van der Waals surface area contributed by atoms with Crippen molar-refractivity contribution in [3.05, 3.63) is 97.5 Å². The van der Waals surface area contributed by atoms with Crippen molar-refractivity contribution in [1.82, 2.24) is 14.5 Å². The Kier molecular flexibility index (Phi) is 6.07. The van der Waals surface area contributed by atoms with E-state index in [1.807, 2.05) is 30.3 Å². The second kappa shape index (κ2) is 8.94. The van der Waals surface area contributed by atoms with Crippen molar-refractivity contribution in [1.29, 1.82) is 0 Å². The molecule has 4 rings (SSSR count). The maximum absolute atomic E-state index is 13.2. The van der Waals surface area contributed by atoms with Crippen molar-refractivity contribution in [2.24, 2.45) is 4.99 Å². The van der Waals surface area contributed by atoms with Crippen molar-refractivity contribution < 1.29 is 9.72 Å². The Morgan fingerprint density at radius 2 is 1.84 bits per heavy atom. The Hall–Kier alpha value is -3.49. The number of nitro groups is 1. The Labute approximate surface area is 193 Å². The molecule has 0 saturated carbocycles. The highest BCUT2D eigenvalue weighted by atomic mass is 35.5. The van der Waals surface area contributed by atoms with Gasteiger partial charge < -0.3 is 10.1 Å². The van der Waals surface area contributed by atoms with Gasteiger partial charge in [0.1, 0.15) is 24.3 Å². The Morgan fingerprint density at radius 3 is 2.53 bits per heavy atom. The predicted octanol–water partition coefficient (Wildman–Crippen LogP) is 4.74. The number of benzene rings is 2. The zero-order valence-electron chi connectivity index (χ0n) is 16.9. The molecule has 1 aromatic heterocycles. The standard InChI is InChI=1S/C22H17Cl2N5O3/c1-14-25-13-20(29(31)32)27(14)9-10-28-21(16-5-3-2-4-6-16)26-19(22(28)30)12-15-7-8-17(23)18(24)11-15/h2-8,11-13H,9-10H2,1H3/b19-12-. The molecule has 8 nitrogen and oxygen atoms in total. The van der Waals surface area contributed by atoms with Crippen LogP contribution in [0, 0.1) is 17.0 Å². The van der Waals surface area contributed by atoms with Gasteiger partial charge in [-0.1, -0.05) is 59.6 Å². The SMILES string of the molecule is Cc1ncc([N+](=O)[O-])n1CCN1C(=O)/C(=C/c2ccc(Cl)c(Cl)c2)N=C1c1ccccc1. The highest BCUT2D eigenvalue weighted by molar-refractivity contribution is 6.42. The van der Waals surface area contributed by atoms with Crippen LogP contribution >= 0.6 is 23.2 Å². The molecule has 0 radical (unpaired) electrons. The van der Waals surface area contributed by atoms with E-state index in [-0.39, 0.29) is 30.5 Å². The van der Waals surface area contributed by atoms with Gasteiger partial charge in [0, 0.05) is 12.5 Å². The number of aliphatic imine (C=N–C) groups is 1. The van der Waals surface area contributed by atoms with Gasteiger partial charge in [-0.15, -0.1) is 0 Å². The summed E-state index contributed by atoms with van der Waals surface area (Å²) < 4.78 is 1.47. The fourth-order valence-corrected chi connectivity index (χ4v) is 3.71. The number of rotatable bonds is 6. The smallest absolute Gasteiger partial charge is 0.342 e. The first kappa shape index (κ1) is 21.7. The summed E-state index contributed by atoms with van der Waals surface area (Å²) in [6, 6.07) is 14.3. The number of carbonyl (C=O) groups is 1. The first-order valence-corrected chi connectivity index (χ1v) is 10.4. The molecule has 1 amide bonds. The van der Waals surface area contributed by atoms with E-state index in [1.54, 1.807) is 31.2 Å². The molecule has 1 aliphatic rings. The largest absolute Gasteiger partial charge is 0.358 e. The van der Waals surface area contributed by atoms with Crippen LogP contribution in [0.15, 0.2) is 65.4 Å². The molecular formula is C22H17Cl2N5O3. The maximum Gasteiger partial charge on any atom is 0.342 e. The minimum Gasteiger partial charge on any atom is -0.358 e. The number of hydrogen-bond acceptors (Lipinski definition) is 5. The summed E-state index contributed by atoms with van der Waals surface area (Å²) in [5.74, 6) is 0.532. The van der Waals surface area contributed by atoms with Crippen LogP contribution in [-0.4, -0.2) is 37.7 Å². The van der Waals surface area contributed by atoms with Crippen LogP contribution in [0.1, 0.15) is 17.0 Å². The van der Waals surface area contributed by atoms with Gasteiger partial charge in [0.25, 0.3) is 5.91 Å². The number of aryl methyl sites for hydroxylation is 1. The van der Waals surface area contributed by atoms with Crippen molar-refractivity contribution in [2.75, 3.05) is 6.54 Å². The quantitative estimate of drug-likeness (QED) is 0.296. The zero-order chi connectivity index (χ0) is 22.8. The highest BCUT2D eigenvalue weighted by Crippen LogP contribution is 2.27. The van der Waals surface area contributed by atoms with E-state index in [1.165, 1.54) is 15.7 Å². The van der Waals surface area contributed by atoms with E-state index >= 15 is 0 Å². The Morgan fingerprint density at radius 1 is 1.09 bits per heavy atom. The van der Waals surface area contributed by atoms with Crippen LogP contribution in [-0.2, 0) is 11.3 Å². The summed E-state index contributed by atoms with van der Waals surface area (Å²) in [5, 5.41) is 12.1. The molecule has 32 heavy (non-hydrogen) atoms. The Balaban J connectivity index is 1.68. The monoisotopic (exact) mass is 469 g/mol. The minimum atomic E-state index is -0.492. The number of amidine groups is 1. The second-order valence-corrected chi connectivity index (χ2v) is 7.85. The summed E-state index contributed by atoms with van der Waals surface area (Å²) in [5.41, 5.74) is 1.68. The molecule has 0 fully saturated rings. The average Bonchev–Trinajstić information content (AvgIpc) is 3.30. The molecule has 1 aliphatic heterocycles. The number of imidazole rings is 1. The van der Waals surface area contributed by atoms with Crippen LogP contribution in [0.4, 0.5) is 5.82 Å². The van der Waals surface area contributed by atoms with Gasteiger partial charge in [-0.25, -0.2) is 14.5 Å². The van der Waals surface area contributed by atoms with Gasteiger partial charge >= 0.3 is 5.82 Å². The third-order valence-corrected chi connectivity index (χ3v) is 5.73. The molecule has 2 heterocycles. The van der Waals surface area contributed by atoms with E-state index in [4.69, 9.17) is 23.2 Å². The van der Waals surface area contributed by atoms with E-state index in [0.717, 1.165) is 5.56 Å². The molecule has 162 valence electrons. The molecule has 0 saturated heterocycles. The minimum absolute atomic E-state index is 0.126. The lowest BCUT2D eigenvalue weighted by atomic mass is 10.2. The topological polar surface area (TPSA) is 93.6 Å². The van der Waals surface area contributed by atoms with Gasteiger partial charge in [0.05, 0.1) is 16.6 Å². The van der Waals surface area contributed by atoms with Crippen LogP contribution in [0.25, 0.3) is 6.08 Å². The third-order valence-electron chi connectivity index (χ3n) is 4.99. The molecular weight excluding hydrogens is 453 g/mol. The third kappa shape index (κ3) is 4.28. The number of carbonyl (C=O) groups excluding carboxylic acids is 1. The number of hydrogen-bond donors (Lipinski definition) is 0. The molecule has 0 unspecified atom stereocenters. The average molecular weight is 470 g/mol. The van der Waals surface area contributed by atoms with Crippen molar-refractivity contribution in [3.63, 3.8) is 0 Å². The van der Waals surface area contributed by atoms with Crippen molar-refractivity contribution in [3.8, 4) is 0 Å². The lowest BCUT2D eigenvalue weighted by molar-refractivity contribution is -0.392. The van der Waals surface area contributed by atoms with Gasteiger partial charge in [0.15, 0.2) is 5.82 Å². The molecule has 0 bridgehead atoms. The number of amides is 1. The fraction of sp³-hybridized carbons (Fsp3) is 0.136. The van der Waals surface area contributed by atoms with Crippen molar-refractivity contribution in [2.45, 2.75) is 13.5 Å². The lowest BCUT2D eigenvalue weighted by Crippen LogP contribution is -2.35. The van der Waals surface area contributed by atoms with Crippen LogP contribution in [0.5, 0.6) is 0 Å². The van der Waals surface area contributed by atoms with Gasteiger partial charge in [-0.2, -0.15) is 0 Å². The zero-order valence-corrected chi connectivity index (χ0v) is 18.4. The van der Waals surface area contributed by atoms with E-state index in [0.29, 0.717) is 27.3 Å². The number of aromatic nitrogens is 2. The summed E-state index contributed by atoms with van der Waals surface area (Å²) in [6.45, 7) is 2.06. The summed E-state index contributed by atoms with van der Waals surface area (Å²) in [6.07, 6.45) is 2.85. The number of halogens is 2. The molecule has 0 atom stereocenters. The second-order valence-electron chi connectivity index (χ2n) is 7.03. The first-order chi connectivity index (χ1) is 15.3. The van der Waals surface area contributed by atoms with Crippen LogP contribution in [0.3, 0.4) is 0 Å². The highest BCUT2D eigenvalue weighted by Gasteiger charge is 2.32. The summed E-state index contributed by atoms with van der Waals surface area (Å²) in [4.78, 5) is 34.1. The number of nitrogens with zero attached hydrogens (tertiary/aromatic N) is 5. The molecule has 0 spiro atoms. The van der Waals surface area contributed by atoms with E-state index < -0.39 is 4.92 Å². The fourth-order valence-electron chi connectivity index (χ4n) is 3.40. The van der Waals surface area contributed by atoms with E-state index in [2.05, 4.69) is 9.98 Å². The molecule has 3 aromatic rings. The maximum atomic E-state index is 13.2. The summed E-state index contributed by atoms with van der Waals surface area (Å²) >= 11 is 12.1. The lowest BCUT2D eigenvalue weighted by Gasteiger charge is -2.18.